The summed E-state index contributed by atoms with van der Waals surface area (Å²) < 4.78 is 6.52. The van der Waals surface area contributed by atoms with Crippen LogP contribution in [0.3, 0.4) is 0 Å². The molecule has 9 aromatic rings. The van der Waals surface area contributed by atoms with Crippen molar-refractivity contribution in [3.8, 4) is 67.9 Å². The van der Waals surface area contributed by atoms with Crippen LogP contribution in [-0.2, 0) is 5.41 Å². The Labute approximate surface area is 301 Å². The van der Waals surface area contributed by atoms with Gasteiger partial charge in [0.25, 0.3) is 0 Å². The van der Waals surface area contributed by atoms with E-state index in [1.54, 1.807) is 0 Å². The largest absolute Gasteiger partial charge is 0.435 e. The number of aromatic nitrogens is 4. The summed E-state index contributed by atoms with van der Waals surface area (Å²) in [7, 11) is 0. The fraction of sp³-hybridized carbons (Fsp3) is 0.0638. The minimum absolute atomic E-state index is 0.215. The molecule has 1 aliphatic rings. The van der Waals surface area contributed by atoms with Gasteiger partial charge in [0.2, 0.25) is 5.89 Å². The van der Waals surface area contributed by atoms with E-state index in [4.69, 9.17) is 24.4 Å². The first-order valence-electron chi connectivity index (χ1n) is 17.6. The van der Waals surface area contributed by atoms with Gasteiger partial charge in [0, 0.05) is 33.1 Å². The number of fused-ring (bicyclic) bond motifs is 6. The van der Waals surface area contributed by atoms with Crippen LogP contribution in [0.4, 0.5) is 0 Å². The predicted octanol–water partition coefficient (Wildman–Crippen LogP) is 11.8. The fourth-order valence-corrected chi connectivity index (χ4v) is 7.67. The van der Waals surface area contributed by atoms with Gasteiger partial charge in [-0.25, -0.2) is 19.9 Å². The average Bonchev–Trinajstić information content (AvgIpc) is 3.75. The van der Waals surface area contributed by atoms with Crippen LogP contribution < -0.4 is 0 Å². The molecule has 0 spiro atoms. The molecule has 0 bridgehead atoms. The van der Waals surface area contributed by atoms with E-state index in [1.807, 2.05) is 72.8 Å². The van der Waals surface area contributed by atoms with Crippen molar-refractivity contribution in [2.45, 2.75) is 19.3 Å². The van der Waals surface area contributed by atoms with E-state index in [9.17, 15) is 0 Å². The molecule has 0 N–H and O–H groups in total. The Morgan fingerprint density at radius 2 is 1.00 bits per heavy atom. The zero-order chi connectivity index (χ0) is 34.8. The highest BCUT2D eigenvalue weighted by Gasteiger charge is 2.36. The standard InChI is InChI=1S/C47H32N4O/c1-47(2)38-27-33(29-13-6-3-7-14-29)21-24-35(38)36-25-22-34(28-39(36)47)44-49-43(31-15-8-4-9-16-31)50-45(51-44)37-20-12-19-30-23-26-40-42(41(30)37)52-46(48-40)32-17-10-5-11-18-32/h3-28H,1-2H3. The van der Waals surface area contributed by atoms with Gasteiger partial charge in [-0.05, 0) is 69.1 Å². The molecular weight excluding hydrogens is 637 g/mol. The van der Waals surface area contributed by atoms with Gasteiger partial charge in [0.1, 0.15) is 5.52 Å². The molecule has 0 atom stereocenters. The first-order chi connectivity index (χ1) is 25.5. The van der Waals surface area contributed by atoms with Gasteiger partial charge in [-0.15, -0.1) is 0 Å². The van der Waals surface area contributed by atoms with Crippen molar-refractivity contribution in [2.24, 2.45) is 0 Å². The van der Waals surface area contributed by atoms with E-state index < -0.39 is 0 Å². The minimum Gasteiger partial charge on any atom is -0.435 e. The molecule has 0 amide bonds. The summed E-state index contributed by atoms with van der Waals surface area (Å²) in [5.74, 6) is 2.39. The topological polar surface area (TPSA) is 64.7 Å². The second-order valence-corrected chi connectivity index (χ2v) is 13.9. The molecule has 0 saturated carbocycles. The van der Waals surface area contributed by atoms with Crippen molar-refractivity contribution in [2.75, 3.05) is 0 Å². The van der Waals surface area contributed by atoms with Gasteiger partial charge in [-0.2, -0.15) is 0 Å². The van der Waals surface area contributed by atoms with Crippen LogP contribution in [0.2, 0.25) is 0 Å². The molecule has 0 radical (unpaired) electrons. The van der Waals surface area contributed by atoms with Crippen LogP contribution in [0.5, 0.6) is 0 Å². The smallest absolute Gasteiger partial charge is 0.227 e. The molecule has 5 heteroatoms. The monoisotopic (exact) mass is 668 g/mol. The molecule has 5 nitrogen and oxygen atoms in total. The normalized spacial score (nSPS) is 13.0. The zero-order valence-electron chi connectivity index (χ0n) is 28.7. The average molecular weight is 669 g/mol. The number of benzene rings is 7. The van der Waals surface area contributed by atoms with Crippen molar-refractivity contribution in [3.63, 3.8) is 0 Å². The lowest BCUT2D eigenvalue weighted by molar-refractivity contribution is 0.623. The van der Waals surface area contributed by atoms with Crippen LogP contribution in [-0.4, -0.2) is 19.9 Å². The van der Waals surface area contributed by atoms with Crippen molar-refractivity contribution >= 4 is 21.9 Å². The summed E-state index contributed by atoms with van der Waals surface area (Å²) in [5.41, 5.74) is 12.5. The molecule has 1 aliphatic carbocycles. The Kier molecular flexibility index (Phi) is 6.77. The van der Waals surface area contributed by atoms with Gasteiger partial charge in [-0.1, -0.05) is 141 Å². The van der Waals surface area contributed by atoms with Crippen LogP contribution in [0, 0.1) is 0 Å². The second kappa shape index (κ2) is 11.7. The molecule has 0 aliphatic heterocycles. The fourth-order valence-electron chi connectivity index (χ4n) is 7.67. The summed E-state index contributed by atoms with van der Waals surface area (Å²) in [4.78, 5) is 20.3. The summed E-state index contributed by atoms with van der Waals surface area (Å²) in [6, 6.07) is 54.5. The van der Waals surface area contributed by atoms with Crippen LogP contribution in [0.25, 0.3) is 89.7 Å². The Morgan fingerprint density at radius 1 is 0.423 bits per heavy atom. The van der Waals surface area contributed by atoms with Crippen LogP contribution in [0.15, 0.2) is 162 Å². The minimum atomic E-state index is -0.215. The van der Waals surface area contributed by atoms with Crippen molar-refractivity contribution in [1.82, 2.24) is 19.9 Å². The molecule has 2 aromatic heterocycles. The number of oxazole rings is 1. The third kappa shape index (κ3) is 4.85. The summed E-state index contributed by atoms with van der Waals surface area (Å²) >= 11 is 0. The van der Waals surface area contributed by atoms with Gasteiger partial charge in [0.05, 0.1) is 0 Å². The lowest BCUT2D eigenvalue weighted by atomic mass is 9.81. The molecule has 10 rings (SSSR count). The van der Waals surface area contributed by atoms with E-state index in [1.165, 1.54) is 33.4 Å². The lowest BCUT2D eigenvalue weighted by Gasteiger charge is -2.22. The van der Waals surface area contributed by atoms with Gasteiger partial charge in [-0.3, -0.25) is 0 Å². The molecule has 0 saturated heterocycles. The van der Waals surface area contributed by atoms with Crippen LogP contribution in [0.1, 0.15) is 25.0 Å². The molecule has 52 heavy (non-hydrogen) atoms. The number of hydrogen-bond acceptors (Lipinski definition) is 5. The number of nitrogens with zero attached hydrogens (tertiary/aromatic N) is 4. The quantitative estimate of drug-likeness (QED) is 0.183. The Morgan fingerprint density at radius 3 is 1.69 bits per heavy atom. The number of hydrogen-bond donors (Lipinski definition) is 0. The zero-order valence-corrected chi connectivity index (χ0v) is 28.7. The summed E-state index contributed by atoms with van der Waals surface area (Å²) in [5, 5.41) is 1.95. The Hall–Kier alpha value is -6.72. The molecule has 246 valence electrons. The highest BCUT2D eigenvalue weighted by Crippen LogP contribution is 2.50. The van der Waals surface area contributed by atoms with Crippen molar-refractivity contribution in [3.05, 3.63) is 169 Å². The van der Waals surface area contributed by atoms with E-state index in [0.717, 1.165) is 38.5 Å². The van der Waals surface area contributed by atoms with Gasteiger partial charge >= 0.3 is 0 Å². The SMILES string of the molecule is CC1(C)c2cc(-c3ccccc3)ccc2-c2ccc(-c3nc(-c4ccccc4)nc(-c4cccc5ccc6nc(-c7ccccc7)oc6c45)n3)cc21. The molecule has 0 unspecified atom stereocenters. The van der Waals surface area contributed by atoms with E-state index >= 15 is 0 Å². The highest BCUT2D eigenvalue weighted by molar-refractivity contribution is 6.10. The number of rotatable bonds is 5. The Balaban J connectivity index is 1.14. The highest BCUT2D eigenvalue weighted by atomic mass is 16.3. The van der Waals surface area contributed by atoms with Crippen LogP contribution >= 0.6 is 0 Å². The third-order valence-electron chi connectivity index (χ3n) is 10.4. The summed E-state index contributed by atoms with van der Waals surface area (Å²) in [6.45, 7) is 4.62. The second-order valence-electron chi connectivity index (χ2n) is 13.9. The third-order valence-corrected chi connectivity index (χ3v) is 10.4. The van der Waals surface area contributed by atoms with E-state index in [-0.39, 0.29) is 5.41 Å². The first kappa shape index (κ1) is 30.1. The Bertz CT molecular complexity index is 2810. The molecule has 7 aromatic carbocycles. The first-order valence-corrected chi connectivity index (χ1v) is 17.6. The van der Waals surface area contributed by atoms with E-state index in [2.05, 4.69) is 98.8 Å². The van der Waals surface area contributed by atoms with Gasteiger partial charge in [0.15, 0.2) is 23.1 Å². The van der Waals surface area contributed by atoms with Gasteiger partial charge < -0.3 is 4.42 Å². The molecule has 2 heterocycles. The summed E-state index contributed by atoms with van der Waals surface area (Å²) in [6.07, 6.45) is 0. The predicted molar refractivity (Wildman–Crippen MR) is 210 cm³/mol. The van der Waals surface area contributed by atoms with Crippen molar-refractivity contribution < 1.29 is 4.42 Å². The maximum absolute atomic E-state index is 6.52. The lowest BCUT2D eigenvalue weighted by Crippen LogP contribution is -2.15. The van der Waals surface area contributed by atoms with E-state index in [0.29, 0.717) is 28.9 Å². The van der Waals surface area contributed by atoms with Crippen molar-refractivity contribution in [1.29, 1.82) is 0 Å². The molecule has 0 fully saturated rings. The maximum Gasteiger partial charge on any atom is 0.227 e. The maximum atomic E-state index is 6.52. The molecular formula is C47H32N4O.